The van der Waals surface area contributed by atoms with E-state index in [2.05, 4.69) is 19.2 Å². The fourth-order valence-corrected chi connectivity index (χ4v) is 4.00. The predicted octanol–water partition coefficient (Wildman–Crippen LogP) is 7.07. The number of carbonyl (C=O) groups is 3. The van der Waals surface area contributed by atoms with E-state index in [9.17, 15) is 27.9 Å². The molecule has 0 aromatic heterocycles. The highest BCUT2D eigenvalue weighted by Gasteiger charge is 2.38. The molecule has 2 aromatic carbocycles. The molecule has 0 radical (unpaired) electrons. The number of carboxylic acid groups (broad SMARTS) is 2. The first-order chi connectivity index (χ1) is 21.0. The average molecular weight is 627 g/mol. The zero-order chi connectivity index (χ0) is 33.0. The van der Waals surface area contributed by atoms with Crippen LogP contribution < -0.4 is 20.5 Å². The number of unbranched alkanes of at least 4 members (excludes halogenated alkanes) is 7. The Morgan fingerprint density at radius 1 is 0.750 bits per heavy atom. The zero-order valence-corrected chi connectivity index (χ0v) is 25.5. The first-order valence-corrected chi connectivity index (χ1v) is 15.0. The number of carboxylic acids is 2. The van der Waals surface area contributed by atoms with Crippen LogP contribution in [0.15, 0.2) is 36.4 Å². The second kappa shape index (κ2) is 21.0. The summed E-state index contributed by atoms with van der Waals surface area (Å²) >= 11 is 0. The minimum atomic E-state index is -5.08. The van der Waals surface area contributed by atoms with Crippen molar-refractivity contribution in [3.63, 3.8) is 0 Å². The SMILES string of the molecule is CCCCCCOc1ccc(C(=O)O)cc1-c1cc(C(=O)NCCCCN)ccc1OCCCCCC.O=C(O)C(F)(F)F. The summed E-state index contributed by atoms with van der Waals surface area (Å²) in [6, 6.07) is 10.2. The van der Waals surface area contributed by atoms with Gasteiger partial charge in [0.25, 0.3) is 5.91 Å². The topological polar surface area (TPSA) is 148 Å². The Hall–Kier alpha value is -3.80. The van der Waals surface area contributed by atoms with Gasteiger partial charge in [-0.3, -0.25) is 4.79 Å². The van der Waals surface area contributed by atoms with Crippen LogP contribution in [0.3, 0.4) is 0 Å². The molecule has 0 aliphatic heterocycles. The van der Waals surface area contributed by atoms with Crippen LogP contribution in [0.5, 0.6) is 11.5 Å². The molecule has 2 rings (SSSR count). The fourth-order valence-electron chi connectivity index (χ4n) is 4.00. The van der Waals surface area contributed by atoms with E-state index in [0.717, 1.165) is 64.2 Å². The largest absolute Gasteiger partial charge is 0.493 e. The first kappa shape index (κ1) is 38.2. The van der Waals surface area contributed by atoms with Crippen molar-refractivity contribution in [1.82, 2.24) is 5.32 Å². The molecule has 12 heteroatoms. The summed E-state index contributed by atoms with van der Waals surface area (Å²) in [5.74, 6) is -2.78. The lowest BCUT2D eigenvalue weighted by Gasteiger charge is -2.17. The summed E-state index contributed by atoms with van der Waals surface area (Å²) in [4.78, 5) is 33.5. The maximum absolute atomic E-state index is 12.9. The second-order valence-corrected chi connectivity index (χ2v) is 10.1. The van der Waals surface area contributed by atoms with Crippen molar-refractivity contribution < 1.29 is 47.2 Å². The van der Waals surface area contributed by atoms with Gasteiger partial charge in [0.05, 0.1) is 18.8 Å². The highest BCUT2D eigenvalue weighted by molar-refractivity contribution is 5.97. The van der Waals surface area contributed by atoms with E-state index in [4.69, 9.17) is 25.1 Å². The Morgan fingerprint density at radius 2 is 1.23 bits per heavy atom. The number of nitrogens with one attached hydrogen (secondary N) is 1. The Morgan fingerprint density at radius 3 is 1.66 bits per heavy atom. The summed E-state index contributed by atoms with van der Waals surface area (Å²) in [6.07, 6.45) is 5.14. The van der Waals surface area contributed by atoms with Crippen LogP contribution in [0, 0.1) is 0 Å². The number of alkyl halides is 3. The molecule has 0 saturated carbocycles. The average Bonchev–Trinajstić information content (AvgIpc) is 2.99. The molecule has 0 saturated heterocycles. The number of amides is 1. The zero-order valence-electron chi connectivity index (χ0n) is 25.5. The monoisotopic (exact) mass is 626 g/mol. The molecule has 9 nitrogen and oxygen atoms in total. The molecule has 0 fully saturated rings. The molecule has 0 unspecified atom stereocenters. The predicted molar refractivity (Wildman–Crippen MR) is 162 cm³/mol. The van der Waals surface area contributed by atoms with E-state index in [1.807, 2.05) is 0 Å². The molecule has 0 aliphatic rings. The third-order valence-corrected chi connectivity index (χ3v) is 6.43. The third-order valence-electron chi connectivity index (χ3n) is 6.43. The highest BCUT2D eigenvalue weighted by atomic mass is 19.4. The van der Waals surface area contributed by atoms with Crippen LogP contribution >= 0.6 is 0 Å². The lowest BCUT2D eigenvalue weighted by atomic mass is 9.98. The smallest absolute Gasteiger partial charge is 0.490 e. The van der Waals surface area contributed by atoms with Crippen molar-refractivity contribution in [3.05, 3.63) is 47.5 Å². The van der Waals surface area contributed by atoms with Crippen LogP contribution in [-0.4, -0.2) is 60.5 Å². The van der Waals surface area contributed by atoms with Gasteiger partial charge in [0.2, 0.25) is 0 Å². The molecule has 0 aliphatic carbocycles. The molecule has 5 N–H and O–H groups in total. The molecule has 2 aromatic rings. The molecule has 1 amide bonds. The summed E-state index contributed by atoms with van der Waals surface area (Å²) in [7, 11) is 0. The van der Waals surface area contributed by atoms with Crippen LogP contribution in [0.25, 0.3) is 11.1 Å². The summed E-state index contributed by atoms with van der Waals surface area (Å²) < 4.78 is 44.0. The number of nitrogens with two attached hydrogens (primary N) is 1. The molecular formula is C32H45F3N2O7. The Labute approximate surface area is 256 Å². The van der Waals surface area contributed by atoms with Crippen molar-refractivity contribution in [1.29, 1.82) is 0 Å². The van der Waals surface area contributed by atoms with Crippen molar-refractivity contribution in [2.45, 2.75) is 84.2 Å². The van der Waals surface area contributed by atoms with E-state index in [-0.39, 0.29) is 11.5 Å². The minimum absolute atomic E-state index is 0.152. The molecule has 0 atom stereocenters. The van der Waals surface area contributed by atoms with Gasteiger partial charge in [-0.15, -0.1) is 0 Å². The van der Waals surface area contributed by atoms with Gasteiger partial charge in [-0.1, -0.05) is 52.4 Å². The van der Waals surface area contributed by atoms with Crippen LogP contribution in [0.1, 0.15) is 98.8 Å². The number of halogens is 3. The number of hydrogen-bond donors (Lipinski definition) is 4. The van der Waals surface area contributed by atoms with Gasteiger partial charge < -0.3 is 30.7 Å². The number of ether oxygens (including phenoxy) is 2. The van der Waals surface area contributed by atoms with E-state index in [1.165, 1.54) is 0 Å². The van der Waals surface area contributed by atoms with Gasteiger partial charge in [-0.05, 0) is 68.6 Å². The maximum atomic E-state index is 12.9. The van der Waals surface area contributed by atoms with Gasteiger partial charge in [-0.25, -0.2) is 9.59 Å². The second-order valence-electron chi connectivity index (χ2n) is 10.1. The molecule has 0 spiro atoms. The Balaban J connectivity index is 0.00000123. The molecule has 0 heterocycles. The third kappa shape index (κ3) is 14.6. The summed E-state index contributed by atoms with van der Waals surface area (Å²) in [5, 5.41) is 19.7. The number of carbonyl (C=O) groups excluding carboxylic acids is 1. The van der Waals surface area contributed by atoms with Crippen molar-refractivity contribution >= 4 is 17.8 Å². The van der Waals surface area contributed by atoms with Crippen molar-refractivity contribution in [3.8, 4) is 22.6 Å². The van der Waals surface area contributed by atoms with Gasteiger partial charge in [0.15, 0.2) is 0 Å². The number of aromatic carboxylic acids is 1. The van der Waals surface area contributed by atoms with Crippen LogP contribution in [-0.2, 0) is 4.79 Å². The maximum Gasteiger partial charge on any atom is 0.490 e. The molecule has 246 valence electrons. The van der Waals surface area contributed by atoms with E-state index in [0.29, 0.717) is 54.5 Å². The van der Waals surface area contributed by atoms with Gasteiger partial charge >= 0.3 is 18.1 Å². The summed E-state index contributed by atoms with van der Waals surface area (Å²) in [6.45, 7) is 6.54. The molecule has 0 bridgehead atoms. The number of hydrogen-bond acceptors (Lipinski definition) is 6. The van der Waals surface area contributed by atoms with E-state index in [1.54, 1.807) is 36.4 Å². The highest BCUT2D eigenvalue weighted by Crippen LogP contribution is 2.38. The lowest BCUT2D eigenvalue weighted by molar-refractivity contribution is -0.192. The van der Waals surface area contributed by atoms with Gasteiger partial charge in [-0.2, -0.15) is 13.2 Å². The molecule has 44 heavy (non-hydrogen) atoms. The van der Waals surface area contributed by atoms with E-state index >= 15 is 0 Å². The van der Waals surface area contributed by atoms with Crippen LogP contribution in [0.4, 0.5) is 13.2 Å². The fraction of sp³-hybridized carbons (Fsp3) is 0.531. The van der Waals surface area contributed by atoms with E-state index < -0.39 is 18.1 Å². The first-order valence-electron chi connectivity index (χ1n) is 15.0. The van der Waals surface area contributed by atoms with Gasteiger partial charge in [0.1, 0.15) is 11.5 Å². The lowest BCUT2D eigenvalue weighted by Crippen LogP contribution is -2.25. The minimum Gasteiger partial charge on any atom is -0.493 e. The number of rotatable bonds is 19. The standard InChI is InChI=1S/C30H44N2O5.C2HF3O2/c1-3-5-7-11-19-36-27-15-13-23(29(33)32-18-10-9-17-31)21-25(27)26-22-24(30(34)35)14-16-28(26)37-20-12-8-6-4-2;3-2(4,5)1(6)7/h13-16,21-22H,3-12,17-20,31H2,1-2H3,(H,32,33)(H,34,35);(H,6,7). The number of aliphatic carboxylic acids is 1. The van der Waals surface area contributed by atoms with Crippen molar-refractivity contribution in [2.75, 3.05) is 26.3 Å². The summed E-state index contributed by atoms with van der Waals surface area (Å²) in [5.41, 5.74) is 7.44. The van der Waals surface area contributed by atoms with Gasteiger partial charge in [0, 0.05) is 23.2 Å². The Kier molecular flexibility index (Phi) is 18.2. The Bertz CT molecular complexity index is 1170. The number of benzene rings is 2. The van der Waals surface area contributed by atoms with Crippen LogP contribution in [0.2, 0.25) is 0 Å². The van der Waals surface area contributed by atoms with Crippen molar-refractivity contribution in [2.24, 2.45) is 5.73 Å². The molecular weight excluding hydrogens is 581 g/mol. The normalized spacial score (nSPS) is 10.9. The quantitative estimate of drug-likeness (QED) is 0.121.